The summed E-state index contributed by atoms with van der Waals surface area (Å²) in [7, 11) is 0. The van der Waals surface area contributed by atoms with Gasteiger partial charge in [-0.05, 0) is 89.0 Å². The summed E-state index contributed by atoms with van der Waals surface area (Å²) in [5.74, 6) is -0.581. The van der Waals surface area contributed by atoms with E-state index in [-0.39, 0.29) is 137 Å². The van der Waals surface area contributed by atoms with Gasteiger partial charge < -0.3 is 138 Å². The lowest BCUT2D eigenvalue weighted by atomic mass is 10.0. The summed E-state index contributed by atoms with van der Waals surface area (Å²) in [5.41, 5.74) is 33.8. The summed E-state index contributed by atoms with van der Waals surface area (Å²) < 4.78 is 150. The molecule has 12 aromatic heterocycles. The Morgan fingerprint density at radius 1 is 0.383 bits per heavy atom. The third-order valence-corrected chi connectivity index (χ3v) is 31.3. The molecule has 21 N–H and O–H groups in total. The maximum Gasteiger partial charge on any atom is 0.325 e. The quantitative estimate of drug-likeness (QED) is 0.0794. The van der Waals surface area contributed by atoms with Crippen LogP contribution in [0.1, 0.15) is 56.6 Å². The molecule has 12 aromatic rings. The Morgan fingerprint density at radius 2 is 0.729 bits per heavy atom. The van der Waals surface area contributed by atoms with Crippen LogP contribution in [0.3, 0.4) is 0 Å². The Morgan fingerprint density at radius 3 is 1.14 bits per heavy atom. The molecule has 0 aliphatic carbocycles. The predicted octanol–water partition coefficient (Wildman–Crippen LogP) is -2.09. The molecule has 712 valence electrons. The zero-order chi connectivity index (χ0) is 93.2. The number of nitrogens with zero attached hydrogens (tertiary/aromatic N) is 23. The van der Waals surface area contributed by atoms with Crippen LogP contribution in [0.4, 0.5) is 43.7 Å². The van der Waals surface area contributed by atoms with Crippen LogP contribution in [0.15, 0.2) is 57.5 Å². The summed E-state index contributed by atoms with van der Waals surface area (Å²) in [5, 5.41) is 39.2. The van der Waals surface area contributed by atoms with Gasteiger partial charge in [0.1, 0.15) is 66.1 Å². The lowest BCUT2D eigenvalue weighted by Gasteiger charge is -2.33. The fourth-order valence-corrected chi connectivity index (χ4v) is 24.8. The number of nitrogens with two attached hydrogens (primary N) is 6. The summed E-state index contributed by atoms with van der Waals surface area (Å²) >= 11 is 31.7. The molecular weight excluding hydrogens is 2020 g/mol. The van der Waals surface area contributed by atoms with E-state index >= 15 is 8.78 Å². The molecule has 8 bridgehead atoms. The molecule has 0 aromatic carbocycles. The first kappa shape index (κ1) is 92.8. The van der Waals surface area contributed by atoms with E-state index in [9.17, 15) is 43.7 Å². The number of pyridine rings is 3. The second-order valence-corrected chi connectivity index (χ2v) is 47.3. The summed E-state index contributed by atoms with van der Waals surface area (Å²) in [6, 6.07) is 4.62. The fraction of sp³-hybridized carbons (Fsp3) is 0.525. The first-order valence-corrected chi connectivity index (χ1v) is 54.3. The van der Waals surface area contributed by atoms with Gasteiger partial charge in [-0.1, -0.05) is 26.1 Å². The van der Waals surface area contributed by atoms with Gasteiger partial charge in [0.25, 0.3) is 16.7 Å². The van der Waals surface area contributed by atoms with E-state index in [1.165, 1.54) is 41.7 Å². The van der Waals surface area contributed by atoms with Crippen molar-refractivity contribution in [2.75, 3.05) is 80.7 Å². The number of alkyl halides is 2. The third-order valence-electron chi connectivity index (χ3n) is 21.9. The van der Waals surface area contributed by atoms with Gasteiger partial charge in [0.15, 0.2) is 111 Å². The molecule has 0 amide bonds. The summed E-state index contributed by atoms with van der Waals surface area (Å²) in [4.78, 5) is 139. The number of hydrogen-bond acceptors (Lipinski definition) is 51. The van der Waals surface area contributed by atoms with Gasteiger partial charge in [-0.3, -0.25) is 47.5 Å². The second kappa shape index (κ2) is 35.2. The largest absolute Gasteiger partial charge is 0.397 e. The van der Waals surface area contributed by atoms with E-state index in [4.69, 9.17) is 193 Å². The van der Waals surface area contributed by atoms with E-state index in [0.717, 1.165) is 18.7 Å². The molecule has 22 rings (SSSR count). The Kier molecular flexibility index (Phi) is 24.6. The van der Waals surface area contributed by atoms with Crippen molar-refractivity contribution in [2.24, 2.45) is 0 Å². The average molecular weight is 2090 g/mol. The monoisotopic (exact) mass is 2090 g/mol. The molecular formula is C59H68F2N32O28P6S6. The third kappa shape index (κ3) is 18.1. The van der Waals surface area contributed by atoms with E-state index < -0.39 is 199 Å². The summed E-state index contributed by atoms with van der Waals surface area (Å²) in [6.45, 7) is -27.0. The fourth-order valence-electron chi connectivity index (χ4n) is 16.1. The molecule has 22 heterocycles. The van der Waals surface area contributed by atoms with E-state index in [1.807, 2.05) is 0 Å². The van der Waals surface area contributed by atoms with Crippen molar-refractivity contribution < 1.29 is 126 Å². The maximum atomic E-state index is 16.0. The van der Waals surface area contributed by atoms with E-state index in [0.29, 0.717) is 16.9 Å². The van der Waals surface area contributed by atoms with Crippen LogP contribution in [0.5, 0.6) is 0 Å². The molecule has 10 aliphatic heterocycles. The molecule has 27 atom stereocenters. The van der Waals surface area contributed by atoms with Crippen molar-refractivity contribution in [3.63, 3.8) is 0 Å². The predicted molar refractivity (Wildman–Crippen MR) is 462 cm³/mol. The first-order chi connectivity index (χ1) is 63.2. The van der Waals surface area contributed by atoms with Gasteiger partial charge in [-0.15, -0.1) is 25.5 Å². The number of H-pyrrole nitrogens is 3. The number of rotatable bonds is 6. The van der Waals surface area contributed by atoms with Gasteiger partial charge in [0.2, 0.25) is 17.8 Å². The number of aromatic nitrogens is 26. The highest BCUT2D eigenvalue weighted by Crippen LogP contribution is 2.61. The van der Waals surface area contributed by atoms with Crippen molar-refractivity contribution in [2.45, 2.75) is 148 Å². The van der Waals surface area contributed by atoms with Gasteiger partial charge in [-0.25, -0.2) is 28.7 Å². The number of anilines is 6. The van der Waals surface area contributed by atoms with Gasteiger partial charge in [0.05, 0.1) is 87.9 Å². The zero-order valence-electron chi connectivity index (χ0n) is 66.5. The number of fused-ring (bicyclic) bond motifs is 14. The molecule has 0 saturated carbocycles. The number of imidazole rings is 1. The average Bonchev–Trinajstić information content (AvgIpc) is 1.56. The topological polar surface area (TPSA) is 800 Å². The Hall–Kier alpha value is -7.88. The number of ether oxygens (including phenoxy) is 7. The van der Waals surface area contributed by atoms with Gasteiger partial charge in [-0.2, -0.15) is 38.4 Å². The number of hydrogen-bond donors (Lipinski definition) is 15. The van der Waals surface area contributed by atoms with Crippen LogP contribution in [-0.4, -0.2) is 296 Å². The van der Waals surface area contributed by atoms with Crippen LogP contribution in [-0.2, 0) is 158 Å². The van der Waals surface area contributed by atoms with Crippen molar-refractivity contribution >= 4 is 213 Å². The molecule has 133 heavy (non-hydrogen) atoms. The van der Waals surface area contributed by atoms with Crippen LogP contribution >= 0.6 is 40.3 Å². The van der Waals surface area contributed by atoms with Crippen molar-refractivity contribution in [3.05, 3.63) is 74.2 Å². The van der Waals surface area contributed by atoms with Crippen molar-refractivity contribution in [1.82, 2.24) is 129 Å². The maximum absolute atomic E-state index is 16.0. The van der Waals surface area contributed by atoms with Gasteiger partial charge in [0, 0.05) is 37.9 Å². The second-order valence-electron chi connectivity index (χ2n) is 30.6. The minimum atomic E-state index is -4.15. The van der Waals surface area contributed by atoms with Crippen LogP contribution in [0.25, 0.3) is 67.0 Å². The molecule has 10 aliphatic rings. The SMILES string of the molecule is Nc1nc2c(nnn2[C@@H]2O[C@@H]3COP(O)(=S)O[C@H]4[C@H](F)[C@H](n5nnc6c(N)ccnc65)O[C@@H]4COP(O)(=S)O[C@@H]2C3)c(=O)[nH]1.Nc1nc2c(nnn2[C@@H]2O[C@@H]3COP(O)(=S)O[C@H]4[C@H](F)[C@H](n5nnc6c(N)ccnc65)O[C@@H]4COP(O)(=S)O[C@@H]2C3)c(=O)[nH]1.Nc1nc2c(nnn2[C@@H]2O[C@@H]3COP(O)(=S)O[C@H]4[C@H]5OC[C@]4(COP(O)(=S)O[C@@H]2C3)O[C@H]5n2cnc3c(N)ccnc32)c(=O)[nH]1. The Labute approximate surface area is 766 Å². The molecule has 74 heteroatoms. The molecule has 0 radical (unpaired) electrons. The minimum absolute atomic E-state index is 0.00449. The lowest BCUT2D eigenvalue weighted by Crippen LogP contribution is -2.45. The highest BCUT2D eigenvalue weighted by atomic mass is 32.5. The van der Waals surface area contributed by atoms with Crippen molar-refractivity contribution in [1.29, 1.82) is 0 Å². The number of nitrogens with one attached hydrogen (secondary N) is 3. The molecule has 6 unspecified atom stereocenters. The standard InChI is InChI=1S/C21H24N10O10P2S2.2C19H22FN11O9P2S2/c22-9-1-2-24-15-11(9)25-7-30(15)19-13-14-21(39-19,5-35-13)6-37-43(34,45)40-10-3-8(4-36-42(33,44)41-14)38-18(10)31-16-12(28-29-31)17(32)27-20(23)26-16;2*20-10-13-9(38-18(10)30-14-11(26-28-30)7(21)1-2-23-14)5-36-41(33,43)39-8-3-6(4-35-42(34,44)40-13)37-17(8)31-15-12(27-29-31)16(32)25-19(22)24-15/h1-2,7-8,10,13-14,18-19H,3-6H2,(H2,22,24)(H,33,44)(H,34,45)(H3,23,26,27,32);2*1-2,6,8-10,13,17-18H,3-5H2,(H2,21,23)(H,33,43)(H,34,44)(H3,22,24,25,32)/t8-,10+,13+,14-,18+,19+,21+,42?,43?;2*6-,8+,9+,10-,13+,17+,18+,41?,42?/m000/s1. The zero-order valence-corrected chi connectivity index (χ0v) is 76.7. The summed E-state index contributed by atoms with van der Waals surface area (Å²) in [6.07, 6.45) is -18.4. The number of nitrogen functional groups attached to an aromatic ring is 6. The van der Waals surface area contributed by atoms with Crippen LogP contribution < -0.4 is 51.1 Å². The number of aromatic amines is 3. The Balaban J connectivity index is 0.000000124. The molecule has 10 saturated heterocycles. The normalized spacial score (nSPS) is 37.3. The first-order valence-electron chi connectivity index (χ1n) is 38.8. The minimum Gasteiger partial charge on any atom is -0.397 e. The van der Waals surface area contributed by atoms with Crippen LogP contribution in [0.2, 0.25) is 0 Å². The Bertz CT molecular complexity index is 6850. The lowest BCUT2D eigenvalue weighted by molar-refractivity contribution is -0.183. The molecule has 0 spiro atoms. The number of halogens is 2. The molecule has 60 nitrogen and oxygen atoms in total. The highest BCUT2D eigenvalue weighted by Gasteiger charge is 2.66. The molecule has 10 fully saturated rings. The van der Waals surface area contributed by atoms with Crippen molar-refractivity contribution in [3.8, 4) is 0 Å². The van der Waals surface area contributed by atoms with Gasteiger partial charge >= 0.3 is 40.3 Å². The highest BCUT2D eigenvalue weighted by molar-refractivity contribution is 8.08. The van der Waals surface area contributed by atoms with E-state index in [1.54, 1.807) is 10.6 Å². The van der Waals surface area contributed by atoms with Crippen LogP contribution in [0, 0.1) is 0 Å². The smallest absolute Gasteiger partial charge is 0.325 e. The van der Waals surface area contributed by atoms with E-state index in [2.05, 4.69) is 101 Å².